The Morgan fingerprint density at radius 2 is 1.54 bits per heavy atom. The molecule has 2 aliphatic heterocycles. The Hall–Kier alpha value is -5.78. The Morgan fingerprint density at radius 1 is 0.889 bits per heavy atom. The van der Waals surface area contributed by atoms with Crippen molar-refractivity contribution in [3.8, 4) is 5.75 Å². The third kappa shape index (κ3) is 12.0. The second-order valence-electron chi connectivity index (χ2n) is 17.2. The number of hydrogen-bond donors (Lipinski definition) is 4. The number of benzene rings is 1. The van der Waals surface area contributed by atoms with Crippen molar-refractivity contribution in [2.24, 2.45) is 17.8 Å². The summed E-state index contributed by atoms with van der Waals surface area (Å²) < 4.78 is 5.92. The number of rotatable bonds is 7. The number of halogens is 1. The van der Waals surface area contributed by atoms with Crippen LogP contribution in [0.4, 0.5) is 0 Å². The van der Waals surface area contributed by atoms with Crippen molar-refractivity contribution in [1.82, 2.24) is 40.5 Å². The SMILES string of the molecule is CC(C)CC1NC(=O)C(NC(=O)c2ncccc2O)C(C)OC(=O)C(c2ccccc2)N(C)C(=O)C(C)NC(=O)C(C(C)C(C)C)N(C)C(=O)CN(C)C(=O)C2CC(Cl)CN2C1=O. The number of nitrogens with one attached hydrogen (secondary N) is 3. The molecule has 1 aromatic carbocycles. The van der Waals surface area contributed by atoms with Gasteiger partial charge in [-0.25, -0.2) is 9.78 Å². The van der Waals surface area contributed by atoms with Gasteiger partial charge in [0.25, 0.3) is 5.91 Å². The van der Waals surface area contributed by atoms with E-state index in [-0.39, 0.29) is 31.2 Å². The predicted molar refractivity (Wildman–Crippen MR) is 232 cm³/mol. The fraction of sp³-hybridized carbons (Fsp3) is 0.568. The van der Waals surface area contributed by atoms with Crippen molar-refractivity contribution in [2.45, 2.75) is 109 Å². The van der Waals surface area contributed by atoms with E-state index in [0.717, 1.165) is 9.80 Å². The highest BCUT2D eigenvalue weighted by atomic mass is 35.5. The fourth-order valence-electron chi connectivity index (χ4n) is 7.79. The molecule has 2 fully saturated rings. The van der Waals surface area contributed by atoms with Crippen LogP contribution in [0.1, 0.15) is 83.4 Å². The molecule has 1 aromatic heterocycles. The maximum atomic E-state index is 14.5. The highest BCUT2D eigenvalue weighted by Crippen LogP contribution is 2.28. The van der Waals surface area contributed by atoms with Crippen LogP contribution in [0.3, 0.4) is 0 Å². The van der Waals surface area contributed by atoms with Crippen LogP contribution in [0.25, 0.3) is 0 Å². The lowest BCUT2D eigenvalue weighted by Gasteiger charge is -2.37. The van der Waals surface area contributed by atoms with Gasteiger partial charge in [-0.1, -0.05) is 65.0 Å². The van der Waals surface area contributed by atoms with Crippen LogP contribution in [-0.2, 0) is 38.3 Å². The van der Waals surface area contributed by atoms with Crippen LogP contribution in [0.5, 0.6) is 5.75 Å². The number of pyridine rings is 1. The highest BCUT2D eigenvalue weighted by Gasteiger charge is 2.45. The number of aromatic nitrogens is 1. The Morgan fingerprint density at radius 3 is 2.14 bits per heavy atom. The molecular formula is C44H61ClN8O10. The smallest absolute Gasteiger partial charge is 0.333 e. The molecular weight excluding hydrogens is 836 g/mol. The molecule has 2 saturated heterocycles. The first-order chi connectivity index (χ1) is 29.5. The first-order valence-electron chi connectivity index (χ1n) is 21.1. The summed E-state index contributed by atoms with van der Waals surface area (Å²) >= 11 is 6.59. The van der Waals surface area contributed by atoms with Crippen LogP contribution in [-0.4, -0.2) is 153 Å². The molecule has 0 spiro atoms. The van der Waals surface area contributed by atoms with Gasteiger partial charge in [-0.2, -0.15) is 0 Å². The van der Waals surface area contributed by atoms with Gasteiger partial charge in [-0.3, -0.25) is 33.6 Å². The molecule has 0 radical (unpaired) electrons. The normalized spacial score (nSPS) is 27.0. The average Bonchev–Trinajstić information content (AvgIpc) is 3.62. The minimum Gasteiger partial charge on any atom is -0.505 e. The summed E-state index contributed by atoms with van der Waals surface area (Å²) in [6.45, 7) is 11.4. The zero-order valence-corrected chi connectivity index (χ0v) is 38.3. The first-order valence-corrected chi connectivity index (χ1v) is 21.5. The predicted octanol–water partition coefficient (Wildman–Crippen LogP) is 1.85. The van der Waals surface area contributed by atoms with Crippen LogP contribution < -0.4 is 16.0 Å². The molecule has 3 heterocycles. The summed E-state index contributed by atoms with van der Waals surface area (Å²) in [4.78, 5) is 122. The number of alkyl halides is 1. The Labute approximate surface area is 373 Å². The van der Waals surface area contributed by atoms with E-state index >= 15 is 0 Å². The molecule has 4 rings (SSSR count). The summed E-state index contributed by atoms with van der Waals surface area (Å²) in [5.74, 6) is -7.41. The van der Waals surface area contributed by atoms with Crippen LogP contribution in [0, 0.1) is 17.8 Å². The van der Waals surface area contributed by atoms with Crippen LogP contribution in [0.15, 0.2) is 48.7 Å². The van der Waals surface area contributed by atoms with Crippen molar-refractivity contribution in [1.29, 1.82) is 0 Å². The topological polar surface area (TPSA) is 228 Å². The molecule has 19 heteroatoms. The Bertz CT molecular complexity index is 2020. The summed E-state index contributed by atoms with van der Waals surface area (Å²) in [5.41, 5.74) is -0.122. The summed E-state index contributed by atoms with van der Waals surface area (Å²) in [7, 11) is 4.19. The van der Waals surface area contributed by atoms with E-state index in [4.69, 9.17) is 16.3 Å². The number of ether oxygens (including phenoxy) is 1. The van der Waals surface area contributed by atoms with Crippen molar-refractivity contribution in [3.63, 3.8) is 0 Å². The quantitative estimate of drug-likeness (QED) is 0.232. The van der Waals surface area contributed by atoms with Gasteiger partial charge in [0.05, 0.1) is 11.9 Å². The van der Waals surface area contributed by atoms with E-state index in [1.54, 1.807) is 37.3 Å². The van der Waals surface area contributed by atoms with Crippen molar-refractivity contribution in [3.05, 3.63) is 59.9 Å². The number of esters is 1. The monoisotopic (exact) mass is 896 g/mol. The maximum Gasteiger partial charge on any atom is 0.333 e. The van der Waals surface area contributed by atoms with E-state index in [1.165, 1.54) is 63.1 Å². The zero-order valence-electron chi connectivity index (χ0n) is 37.5. The molecule has 344 valence electrons. The van der Waals surface area contributed by atoms with Gasteiger partial charge in [0, 0.05) is 33.9 Å². The molecule has 9 unspecified atom stereocenters. The van der Waals surface area contributed by atoms with Gasteiger partial charge in [0.1, 0.15) is 42.1 Å². The van der Waals surface area contributed by atoms with E-state index < -0.39 is 119 Å². The molecule has 9 atom stereocenters. The van der Waals surface area contributed by atoms with Crippen molar-refractivity contribution < 1.29 is 48.2 Å². The van der Waals surface area contributed by atoms with Gasteiger partial charge in [-0.15, -0.1) is 11.6 Å². The number of fused-ring (bicyclic) bond motifs is 1. The lowest BCUT2D eigenvalue weighted by molar-refractivity contribution is -0.161. The second-order valence-corrected chi connectivity index (χ2v) is 17.9. The Balaban J connectivity index is 1.86. The van der Waals surface area contributed by atoms with E-state index in [9.17, 15) is 43.5 Å². The van der Waals surface area contributed by atoms with Gasteiger partial charge in [-0.05, 0) is 62.1 Å². The standard InChI is InChI=1S/C44H61ClN8O10/c1-23(2)19-30-42(60)53-21-29(45)20-31(53)43(61)50(8)22-33(55)51(9)36(25(5)24(3)4)40(58)47-26(6)41(59)52(10)37(28-15-12-11-13-16-28)44(62)63-27(7)34(38(56)48-30)49-39(57)35-32(54)17-14-18-46-35/h11-18,23-27,29-31,34,36-37,54H,19-22H2,1-10H3,(H,47,58)(H,48,56)(H,49,57). The fourth-order valence-corrected chi connectivity index (χ4v) is 8.11. The van der Waals surface area contributed by atoms with Gasteiger partial charge < -0.3 is 45.4 Å². The third-order valence-corrected chi connectivity index (χ3v) is 12.0. The molecule has 4 N–H and O–H groups in total. The zero-order chi connectivity index (χ0) is 47.0. The molecule has 0 saturated carbocycles. The number of nitrogens with zero attached hydrogens (tertiary/aromatic N) is 5. The van der Waals surface area contributed by atoms with Gasteiger partial charge in [0.15, 0.2) is 11.7 Å². The van der Waals surface area contributed by atoms with Crippen molar-refractivity contribution >= 4 is 58.9 Å². The summed E-state index contributed by atoms with van der Waals surface area (Å²) in [6.07, 6.45) is -0.119. The summed E-state index contributed by atoms with van der Waals surface area (Å²) in [6, 6.07) is 2.90. The van der Waals surface area contributed by atoms with Crippen LogP contribution >= 0.6 is 11.6 Å². The van der Waals surface area contributed by atoms with E-state index in [0.29, 0.717) is 5.56 Å². The molecule has 2 aromatic rings. The number of cyclic esters (lactones) is 1. The number of hydrogen-bond acceptors (Lipinski definition) is 11. The van der Waals surface area contributed by atoms with E-state index in [1.807, 2.05) is 27.7 Å². The van der Waals surface area contributed by atoms with Crippen molar-refractivity contribution in [2.75, 3.05) is 34.2 Å². The third-order valence-electron chi connectivity index (χ3n) is 11.7. The highest BCUT2D eigenvalue weighted by molar-refractivity contribution is 6.21. The molecule has 63 heavy (non-hydrogen) atoms. The number of carbonyl (C=O) groups excluding carboxylic acids is 8. The first kappa shape index (κ1) is 49.9. The molecule has 7 amide bonds. The number of aromatic hydroxyl groups is 1. The maximum absolute atomic E-state index is 14.5. The molecule has 0 aliphatic carbocycles. The molecule has 0 bridgehead atoms. The second kappa shape index (κ2) is 21.5. The lowest BCUT2D eigenvalue weighted by atomic mass is 9.88. The van der Waals surface area contributed by atoms with Crippen LogP contribution in [0.2, 0.25) is 0 Å². The van der Waals surface area contributed by atoms with Gasteiger partial charge in [0.2, 0.25) is 35.4 Å². The minimum absolute atomic E-state index is 0.0421. The minimum atomic E-state index is -1.72. The largest absolute Gasteiger partial charge is 0.505 e. The van der Waals surface area contributed by atoms with Gasteiger partial charge >= 0.3 is 5.97 Å². The number of amides is 7. The van der Waals surface area contributed by atoms with E-state index in [2.05, 4.69) is 20.9 Å². The number of likely N-dealkylation sites (N-methyl/N-ethyl adjacent to an activating group) is 3. The number of carbonyl (C=O) groups is 8. The summed E-state index contributed by atoms with van der Waals surface area (Å²) in [5, 5.41) is 17.7. The lowest BCUT2D eigenvalue weighted by Crippen LogP contribution is -2.60. The average molecular weight is 897 g/mol. The Kier molecular flexibility index (Phi) is 17.0. The molecule has 2 aliphatic rings. The molecule has 18 nitrogen and oxygen atoms in total.